The summed E-state index contributed by atoms with van der Waals surface area (Å²) in [6.45, 7) is 0. The number of rotatable bonds is 6. The summed E-state index contributed by atoms with van der Waals surface area (Å²) in [5.74, 6) is 1.75. The number of alkyl halides is 3. The van der Waals surface area contributed by atoms with E-state index in [2.05, 4.69) is 10.3 Å². The summed E-state index contributed by atoms with van der Waals surface area (Å²) in [4.78, 5) is 14.8. The highest BCUT2D eigenvalue weighted by molar-refractivity contribution is 7.18. The van der Waals surface area contributed by atoms with Crippen LogP contribution in [0.2, 0.25) is 10.0 Å². The van der Waals surface area contributed by atoms with E-state index in [9.17, 15) is 13.2 Å². The summed E-state index contributed by atoms with van der Waals surface area (Å²) in [5, 5.41) is 5.03. The van der Waals surface area contributed by atoms with Gasteiger partial charge in [-0.15, -0.1) is 0 Å². The normalized spacial score (nSPS) is 14.1. The Kier molecular flexibility index (Phi) is 5.93. The van der Waals surface area contributed by atoms with E-state index in [1.165, 1.54) is 23.5 Å². The summed E-state index contributed by atoms with van der Waals surface area (Å²) in [5.41, 5.74) is 1.13. The van der Waals surface area contributed by atoms with Gasteiger partial charge in [0.15, 0.2) is 5.82 Å². The third kappa shape index (κ3) is 5.08. The first-order valence-corrected chi connectivity index (χ1v) is 11.9. The third-order valence-corrected chi connectivity index (χ3v) is 7.04. The van der Waals surface area contributed by atoms with Gasteiger partial charge in [0.25, 0.3) is 0 Å². The predicted molar refractivity (Wildman–Crippen MR) is 126 cm³/mol. The van der Waals surface area contributed by atoms with Gasteiger partial charge in [-0.2, -0.15) is 13.2 Å². The minimum Gasteiger partial charge on any atom is -0.338 e. The van der Waals surface area contributed by atoms with Crippen LogP contribution in [0.1, 0.15) is 34.8 Å². The SMILES string of the molecule is FC(F)(F)c1ccc(Nc2nc(CC3CC3)nc3sc(Cc4c(Cl)cccc4Cl)nc23)cc1. The lowest BCUT2D eigenvalue weighted by atomic mass is 10.1. The Hall–Kier alpha value is -2.42. The fourth-order valence-corrected chi connectivity index (χ4v) is 4.97. The number of halogens is 5. The van der Waals surface area contributed by atoms with E-state index in [1.54, 1.807) is 18.2 Å². The summed E-state index contributed by atoms with van der Waals surface area (Å²) in [7, 11) is 0. The lowest BCUT2D eigenvalue weighted by molar-refractivity contribution is -0.137. The molecule has 170 valence electrons. The van der Waals surface area contributed by atoms with Gasteiger partial charge < -0.3 is 5.32 Å². The number of fused-ring (bicyclic) bond motifs is 1. The maximum Gasteiger partial charge on any atom is 0.416 e. The van der Waals surface area contributed by atoms with Crippen molar-refractivity contribution in [1.29, 1.82) is 0 Å². The third-order valence-electron chi connectivity index (χ3n) is 5.38. The van der Waals surface area contributed by atoms with Gasteiger partial charge in [0.1, 0.15) is 21.2 Å². The molecule has 2 heterocycles. The van der Waals surface area contributed by atoms with Crippen LogP contribution in [0.15, 0.2) is 42.5 Å². The first-order valence-electron chi connectivity index (χ1n) is 10.3. The largest absolute Gasteiger partial charge is 0.416 e. The van der Waals surface area contributed by atoms with Crippen LogP contribution in [-0.4, -0.2) is 15.0 Å². The molecule has 1 aliphatic rings. The Morgan fingerprint density at radius 3 is 2.30 bits per heavy atom. The summed E-state index contributed by atoms with van der Waals surface area (Å²) in [6, 6.07) is 10.2. The Labute approximate surface area is 201 Å². The number of anilines is 2. The van der Waals surface area contributed by atoms with Crippen LogP contribution in [0.5, 0.6) is 0 Å². The molecular weight excluding hydrogens is 492 g/mol. The van der Waals surface area contributed by atoms with Crippen molar-refractivity contribution in [2.75, 3.05) is 5.32 Å². The lowest BCUT2D eigenvalue weighted by Crippen LogP contribution is -2.05. The van der Waals surface area contributed by atoms with E-state index in [0.29, 0.717) is 50.1 Å². The van der Waals surface area contributed by atoms with Crippen LogP contribution in [0, 0.1) is 5.92 Å². The molecule has 0 radical (unpaired) electrons. The van der Waals surface area contributed by atoms with Gasteiger partial charge in [-0.05, 0) is 60.7 Å². The van der Waals surface area contributed by atoms with Gasteiger partial charge in [0, 0.05) is 28.6 Å². The monoisotopic (exact) mass is 508 g/mol. The number of nitrogens with one attached hydrogen (secondary N) is 1. The first-order chi connectivity index (χ1) is 15.8. The molecule has 0 saturated heterocycles. The zero-order valence-electron chi connectivity index (χ0n) is 17.1. The number of benzene rings is 2. The first kappa shape index (κ1) is 22.4. The quantitative estimate of drug-likeness (QED) is 0.289. The minimum atomic E-state index is -4.39. The highest BCUT2D eigenvalue weighted by Gasteiger charge is 2.30. The molecule has 5 rings (SSSR count). The summed E-state index contributed by atoms with van der Waals surface area (Å²) < 4.78 is 38.7. The summed E-state index contributed by atoms with van der Waals surface area (Å²) >= 11 is 14.1. The molecule has 0 atom stereocenters. The Morgan fingerprint density at radius 1 is 0.970 bits per heavy atom. The maximum absolute atomic E-state index is 12.9. The van der Waals surface area contributed by atoms with Crippen LogP contribution < -0.4 is 5.32 Å². The van der Waals surface area contributed by atoms with Crippen molar-refractivity contribution in [3.05, 3.63) is 74.5 Å². The van der Waals surface area contributed by atoms with E-state index in [0.717, 1.165) is 42.0 Å². The standard InChI is InChI=1S/C23H17Cl2F3N4S/c24-16-2-1-3-17(25)15(16)11-19-32-20-21(29-14-8-6-13(7-9-14)23(26,27)28)30-18(10-12-4-5-12)31-22(20)33-19/h1-3,6-9,12H,4-5,10-11H2,(H,29,30,31). The average Bonchev–Trinajstić information content (AvgIpc) is 3.47. The number of hydrogen-bond acceptors (Lipinski definition) is 5. The molecule has 1 saturated carbocycles. The van der Waals surface area contributed by atoms with E-state index < -0.39 is 11.7 Å². The van der Waals surface area contributed by atoms with Crippen LogP contribution in [0.25, 0.3) is 10.3 Å². The highest BCUT2D eigenvalue weighted by Crippen LogP contribution is 2.36. The topological polar surface area (TPSA) is 50.7 Å². The van der Waals surface area contributed by atoms with Gasteiger partial charge in [-0.25, -0.2) is 15.0 Å². The second-order valence-electron chi connectivity index (χ2n) is 7.97. The Bertz CT molecular complexity index is 1300. The molecule has 0 bridgehead atoms. The van der Waals surface area contributed by atoms with E-state index in [-0.39, 0.29) is 0 Å². The zero-order chi connectivity index (χ0) is 23.2. The van der Waals surface area contributed by atoms with Gasteiger partial charge >= 0.3 is 6.18 Å². The second kappa shape index (κ2) is 8.74. The fraction of sp³-hybridized carbons (Fsp3) is 0.261. The van der Waals surface area contributed by atoms with Crippen LogP contribution in [-0.2, 0) is 19.0 Å². The minimum absolute atomic E-state index is 0.442. The van der Waals surface area contributed by atoms with Gasteiger partial charge in [-0.1, -0.05) is 40.6 Å². The van der Waals surface area contributed by atoms with Crippen LogP contribution >= 0.6 is 34.5 Å². The van der Waals surface area contributed by atoms with E-state index in [4.69, 9.17) is 33.2 Å². The molecule has 4 aromatic rings. The van der Waals surface area contributed by atoms with Crippen LogP contribution in [0.3, 0.4) is 0 Å². The second-order valence-corrected chi connectivity index (χ2v) is 9.85. The molecule has 0 spiro atoms. The van der Waals surface area contributed by atoms with E-state index in [1.807, 2.05) is 0 Å². The number of nitrogens with zero attached hydrogens (tertiary/aromatic N) is 3. The maximum atomic E-state index is 12.9. The molecule has 1 aliphatic carbocycles. The molecule has 1 N–H and O–H groups in total. The Balaban J connectivity index is 1.50. The molecule has 0 aliphatic heterocycles. The zero-order valence-corrected chi connectivity index (χ0v) is 19.4. The molecule has 33 heavy (non-hydrogen) atoms. The molecule has 2 aromatic carbocycles. The molecule has 10 heteroatoms. The number of thiazole rings is 1. The van der Waals surface area contributed by atoms with Crippen LogP contribution in [0.4, 0.5) is 24.7 Å². The molecule has 0 unspecified atom stereocenters. The summed E-state index contributed by atoms with van der Waals surface area (Å²) in [6.07, 6.45) is -0.871. The van der Waals surface area contributed by atoms with Gasteiger partial charge in [0.05, 0.1) is 5.56 Å². The lowest BCUT2D eigenvalue weighted by Gasteiger charge is -2.10. The van der Waals surface area contributed by atoms with Crippen molar-refractivity contribution in [1.82, 2.24) is 15.0 Å². The van der Waals surface area contributed by atoms with Crippen molar-refractivity contribution in [2.24, 2.45) is 5.92 Å². The highest BCUT2D eigenvalue weighted by atomic mass is 35.5. The predicted octanol–water partition coefficient (Wildman–Crippen LogP) is 7.70. The Morgan fingerprint density at radius 2 is 1.67 bits per heavy atom. The molecule has 2 aromatic heterocycles. The smallest absolute Gasteiger partial charge is 0.338 e. The molecule has 0 amide bonds. The van der Waals surface area contributed by atoms with Crippen molar-refractivity contribution in [3.8, 4) is 0 Å². The van der Waals surface area contributed by atoms with Crippen molar-refractivity contribution < 1.29 is 13.2 Å². The molecule has 1 fully saturated rings. The number of hydrogen-bond donors (Lipinski definition) is 1. The van der Waals surface area contributed by atoms with Crippen molar-refractivity contribution in [3.63, 3.8) is 0 Å². The average molecular weight is 509 g/mol. The van der Waals surface area contributed by atoms with Gasteiger partial charge in [0.2, 0.25) is 0 Å². The van der Waals surface area contributed by atoms with Gasteiger partial charge in [-0.3, -0.25) is 0 Å². The van der Waals surface area contributed by atoms with Crippen molar-refractivity contribution in [2.45, 2.75) is 31.9 Å². The molecular formula is C23H17Cl2F3N4S. The van der Waals surface area contributed by atoms with E-state index >= 15 is 0 Å². The molecule has 4 nitrogen and oxygen atoms in total. The van der Waals surface area contributed by atoms with Crippen molar-refractivity contribution >= 4 is 56.4 Å². The number of aromatic nitrogens is 3. The fourth-order valence-electron chi connectivity index (χ4n) is 3.48.